The van der Waals surface area contributed by atoms with E-state index in [1.54, 1.807) is 19.1 Å². The van der Waals surface area contributed by atoms with E-state index in [2.05, 4.69) is 13.5 Å². The van der Waals surface area contributed by atoms with Gasteiger partial charge in [0.2, 0.25) is 0 Å². The highest BCUT2D eigenvalue weighted by Crippen LogP contribution is 2.51. The van der Waals surface area contributed by atoms with Crippen molar-refractivity contribution >= 4 is 17.8 Å². The van der Waals surface area contributed by atoms with Crippen LogP contribution in [0.3, 0.4) is 0 Å². The summed E-state index contributed by atoms with van der Waals surface area (Å²) in [6, 6.07) is 14.2. The van der Waals surface area contributed by atoms with Crippen LogP contribution in [0.5, 0.6) is 11.5 Å². The zero-order chi connectivity index (χ0) is 40.8. The second-order valence-corrected chi connectivity index (χ2v) is 15.4. The van der Waals surface area contributed by atoms with Crippen molar-refractivity contribution in [1.82, 2.24) is 4.90 Å². The minimum atomic E-state index is -2.01. The van der Waals surface area contributed by atoms with Crippen molar-refractivity contribution in [1.29, 1.82) is 0 Å². The highest BCUT2D eigenvalue weighted by atomic mass is 16.8. The van der Waals surface area contributed by atoms with E-state index in [0.717, 1.165) is 5.56 Å². The average Bonchev–Trinajstić information content (AvgIpc) is 3.29. The fourth-order valence-corrected chi connectivity index (χ4v) is 8.37. The number of aliphatic hydroxyl groups is 2. The molecule has 3 aliphatic rings. The Bertz CT molecular complexity index is 1810. The Kier molecular flexibility index (Phi) is 13.9. The van der Waals surface area contributed by atoms with E-state index in [9.17, 15) is 24.6 Å². The topological polar surface area (TPSA) is 193 Å². The average molecular weight is 776 g/mol. The smallest absolute Gasteiger partial charge is 0.415 e. The Balaban J connectivity index is 1.40. The molecule has 56 heavy (non-hydrogen) atoms. The summed E-state index contributed by atoms with van der Waals surface area (Å²) in [5.74, 6) is -3.97. The fourth-order valence-electron chi connectivity index (χ4n) is 8.37. The number of ketones is 1. The van der Waals surface area contributed by atoms with Crippen molar-refractivity contribution in [3.8, 4) is 11.5 Å². The second kappa shape index (κ2) is 18.3. The molecule has 8 atom stereocenters. The van der Waals surface area contributed by atoms with E-state index in [1.165, 1.54) is 18.1 Å². The minimum Gasteiger partial charge on any atom is -0.493 e. The van der Waals surface area contributed by atoms with E-state index < -0.39 is 47.7 Å². The molecule has 304 valence electrons. The molecule has 5 rings (SSSR count). The SMILES string of the molecule is C=C(C)C1C[C@@H](C)C2C3C=C(C)C(=O)C3(O)CC(COC(=O)Cc3ccc(OC(=O)N(CCN)CCN)c(OC)c3)=C[C@@H]2C(C)O[C@](O)(Cc2ccccc2)O1. The quantitative estimate of drug-likeness (QED) is 0.167. The zero-order valence-corrected chi connectivity index (χ0v) is 33.1. The van der Waals surface area contributed by atoms with Crippen LogP contribution in [-0.2, 0) is 36.6 Å². The first kappa shape index (κ1) is 42.8. The molecule has 1 amide bonds. The molecule has 0 saturated carbocycles. The van der Waals surface area contributed by atoms with E-state index >= 15 is 0 Å². The summed E-state index contributed by atoms with van der Waals surface area (Å²) in [6.07, 6.45) is 2.28. The first-order valence-electron chi connectivity index (χ1n) is 19.2. The molecule has 1 aliphatic heterocycles. The molecule has 0 aromatic heterocycles. The van der Waals surface area contributed by atoms with Gasteiger partial charge in [0.1, 0.15) is 12.2 Å². The Labute approximate surface area is 329 Å². The number of ether oxygens (including phenoxy) is 5. The number of hydrogen-bond donors (Lipinski definition) is 4. The van der Waals surface area contributed by atoms with Gasteiger partial charge in [-0.25, -0.2) is 4.79 Å². The van der Waals surface area contributed by atoms with Crippen LogP contribution >= 0.6 is 0 Å². The number of hydrogen-bond acceptors (Lipinski definition) is 12. The maximum Gasteiger partial charge on any atom is 0.415 e. The maximum absolute atomic E-state index is 13.7. The molecule has 13 heteroatoms. The van der Waals surface area contributed by atoms with Crippen LogP contribution < -0.4 is 20.9 Å². The first-order valence-corrected chi connectivity index (χ1v) is 19.2. The standard InChI is InChI=1S/C43H57N3O10/c1-26(2)36-19-27(3)39-33(29(5)55-43(51,56-36)24-30-10-8-7-9-11-30)20-32(23-42(50)34(39)18-28(4)40(42)48)25-53-38(47)22-31-12-13-35(37(21-31)52-6)54-41(49)46(16-14-44)17-15-45/h7-13,18,20-21,27,29,33-34,36,39,50-51H,1,14-17,19,22-25,44-45H2,2-6H3/t27-,29?,33-,34?,36?,39?,42?,43-/m1/s1. The lowest BCUT2D eigenvalue weighted by Gasteiger charge is -2.40. The first-order chi connectivity index (χ1) is 26.6. The fraction of sp³-hybridized carbons (Fsp3) is 0.512. The van der Waals surface area contributed by atoms with Gasteiger partial charge in [-0.05, 0) is 73.4 Å². The number of carbonyl (C=O) groups is 3. The third-order valence-corrected chi connectivity index (χ3v) is 11.1. The van der Waals surface area contributed by atoms with Crippen molar-refractivity contribution in [3.63, 3.8) is 0 Å². The molecule has 1 saturated heterocycles. The van der Waals surface area contributed by atoms with Crippen molar-refractivity contribution in [2.24, 2.45) is 35.1 Å². The summed E-state index contributed by atoms with van der Waals surface area (Å²) in [4.78, 5) is 41.2. The van der Waals surface area contributed by atoms with Crippen LogP contribution in [0, 0.1) is 23.7 Å². The molecule has 2 aliphatic carbocycles. The number of benzene rings is 2. The molecule has 2 aromatic rings. The summed E-state index contributed by atoms with van der Waals surface area (Å²) in [5, 5.41) is 24.3. The van der Waals surface area contributed by atoms with E-state index in [1.807, 2.05) is 56.3 Å². The number of nitrogens with two attached hydrogens (primary N) is 2. The number of fused-ring (bicyclic) bond motifs is 3. The van der Waals surface area contributed by atoms with Gasteiger partial charge in [0.05, 0.1) is 32.2 Å². The maximum atomic E-state index is 13.7. The minimum absolute atomic E-state index is 0.0437. The number of Topliss-reactive ketones (excluding diaryl/α,β-unsaturated/α-hetero) is 1. The normalized spacial score (nSPS) is 28.9. The van der Waals surface area contributed by atoms with Gasteiger partial charge in [-0.15, -0.1) is 0 Å². The Morgan fingerprint density at radius 2 is 1.70 bits per heavy atom. The lowest BCUT2D eigenvalue weighted by atomic mass is 9.67. The number of nitrogens with zero attached hydrogens (tertiary/aromatic N) is 1. The highest BCUT2D eigenvalue weighted by Gasteiger charge is 2.56. The predicted octanol–water partition coefficient (Wildman–Crippen LogP) is 4.23. The van der Waals surface area contributed by atoms with Crippen LogP contribution in [0.15, 0.2) is 84.0 Å². The van der Waals surface area contributed by atoms with Gasteiger partial charge < -0.3 is 50.3 Å². The van der Waals surface area contributed by atoms with Gasteiger partial charge in [0, 0.05) is 44.4 Å². The van der Waals surface area contributed by atoms with Crippen LogP contribution in [0.2, 0.25) is 0 Å². The second-order valence-electron chi connectivity index (χ2n) is 15.4. The number of methoxy groups -OCH3 is 1. The molecule has 0 radical (unpaired) electrons. The van der Waals surface area contributed by atoms with Crippen molar-refractivity contribution in [2.75, 3.05) is 39.9 Å². The van der Waals surface area contributed by atoms with Crippen LogP contribution in [0.25, 0.3) is 0 Å². The van der Waals surface area contributed by atoms with Gasteiger partial charge in [-0.1, -0.05) is 67.6 Å². The highest BCUT2D eigenvalue weighted by molar-refractivity contribution is 6.04. The van der Waals surface area contributed by atoms with Crippen LogP contribution in [0.1, 0.15) is 51.7 Å². The van der Waals surface area contributed by atoms with Gasteiger partial charge in [0.25, 0.3) is 5.97 Å². The third-order valence-electron chi connectivity index (χ3n) is 11.1. The van der Waals surface area contributed by atoms with Gasteiger partial charge in [-0.3, -0.25) is 9.59 Å². The third kappa shape index (κ3) is 9.77. The lowest BCUT2D eigenvalue weighted by molar-refractivity contribution is -0.384. The van der Waals surface area contributed by atoms with Crippen LogP contribution in [0.4, 0.5) is 4.79 Å². The largest absolute Gasteiger partial charge is 0.493 e. The zero-order valence-electron chi connectivity index (χ0n) is 33.1. The Hall–Kier alpha value is -4.37. The summed E-state index contributed by atoms with van der Waals surface area (Å²) < 4.78 is 29.7. The molecule has 1 heterocycles. The summed E-state index contributed by atoms with van der Waals surface area (Å²) in [6.45, 7) is 12.5. The number of esters is 1. The predicted molar refractivity (Wildman–Crippen MR) is 209 cm³/mol. The van der Waals surface area contributed by atoms with E-state index in [4.69, 9.17) is 35.2 Å². The molecule has 2 aromatic carbocycles. The molecule has 1 fully saturated rings. The Morgan fingerprint density at radius 3 is 2.34 bits per heavy atom. The van der Waals surface area contributed by atoms with Crippen molar-refractivity contribution < 1.29 is 48.3 Å². The molecule has 0 spiro atoms. The van der Waals surface area contributed by atoms with Gasteiger partial charge in [0.15, 0.2) is 17.3 Å². The number of carbonyl (C=O) groups excluding carboxylic acids is 3. The van der Waals surface area contributed by atoms with E-state index in [0.29, 0.717) is 28.7 Å². The van der Waals surface area contributed by atoms with Gasteiger partial charge >= 0.3 is 12.1 Å². The molecule has 0 bridgehead atoms. The lowest BCUT2D eigenvalue weighted by Crippen LogP contribution is -2.48. The summed E-state index contributed by atoms with van der Waals surface area (Å²) in [7, 11) is 1.42. The summed E-state index contributed by atoms with van der Waals surface area (Å²) >= 11 is 0. The molecule has 5 unspecified atom stereocenters. The van der Waals surface area contributed by atoms with Gasteiger partial charge in [-0.2, -0.15) is 0 Å². The monoisotopic (exact) mass is 775 g/mol. The molecule has 13 nitrogen and oxygen atoms in total. The number of amides is 1. The van der Waals surface area contributed by atoms with Crippen LogP contribution in [-0.4, -0.2) is 96.6 Å². The van der Waals surface area contributed by atoms with E-state index in [-0.39, 0.29) is 81.2 Å². The molecular formula is C43H57N3O10. The van der Waals surface area contributed by atoms with Crippen molar-refractivity contribution in [2.45, 2.75) is 77.2 Å². The summed E-state index contributed by atoms with van der Waals surface area (Å²) in [5.41, 5.74) is 12.6. The molecule has 6 N–H and O–H groups in total. The number of rotatable bonds is 13. The Morgan fingerprint density at radius 1 is 1.00 bits per heavy atom. The molecular weight excluding hydrogens is 718 g/mol. The van der Waals surface area contributed by atoms with Crippen molar-refractivity contribution in [3.05, 3.63) is 95.1 Å².